The molecule has 2 aliphatic heterocycles. The number of hydrogen-bond donors (Lipinski definition) is 1. The van der Waals surface area contributed by atoms with Gasteiger partial charge in [0.2, 0.25) is 0 Å². The molecule has 26 heavy (non-hydrogen) atoms. The molecular weight excluding hydrogens is 348 g/mol. The Labute approximate surface area is 153 Å². The normalized spacial score (nSPS) is 23.8. The number of aromatic amines is 1. The topological polar surface area (TPSA) is 70.2 Å². The molecule has 0 aliphatic carbocycles. The van der Waals surface area contributed by atoms with Crippen molar-refractivity contribution in [1.29, 1.82) is 0 Å². The van der Waals surface area contributed by atoms with Gasteiger partial charge in [0.05, 0.1) is 5.75 Å². The van der Waals surface area contributed by atoms with Crippen LogP contribution in [-0.2, 0) is 9.84 Å². The highest BCUT2D eigenvalue weighted by Gasteiger charge is 2.43. The lowest BCUT2D eigenvalue weighted by atomic mass is 9.90. The van der Waals surface area contributed by atoms with Crippen molar-refractivity contribution in [3.8, 4) is 11.3 Å². The van der Waals surface area contributed by atoms with E-state index in [-0.39, 0.29) is 16.7 Å². The zero-order chi connectivity index (χ0) is 18.5. The molecule has 5 nitrogen and oxygen atoms in total. The van der Waals surface area contributed by atoms with Crippen LogP contribution in [0, 0.1) is 19.3 Å². The zero-order valence-electron chi connectivity index (χ0n) is 15.0. The van der Waals surface area contributed by atoms with Gasteiger partial charge in [-0.3, -0.25) is 4.79 Å². The highest BCUT2D eigenvalue weighted by molar-refractivity contribution is 7.94. The first-order chi connectivity index (χ1) is 12.3. The van der Waals surface area contributed by atoms with Crippen molar-refractivity contribution in [2.45, 2.75) is 20.3 Å². The molecule has 0 amide bonds. The third-order valence-corrected chi connectivity index (χ3v) is 7.08. The van der Waals surface area contributed by atoms with Crippen LogP contribution < -0.4 is 10.5 Å². The lowest BCUT2D eigenvalue weighted by molar-refractivity contribution is 0.490. The molecule has 1 atom stereocenters. The van der Waals surface area contributed by atoms with Crippen LogP contribution in [-0.4, -0.2) is 32.2 Å². The Balaban J connectivity index is 1.60. The van der Waals surface area contributed by atoms with Crippen LogP contribution in [0.2, 0.25) is 0 Å². The van der Waals surface area contributed by atoms with Crippen LogP contribution in [0.3, 0.4) is 0 Å². The maximum atomic E-state index is 12.6. The Hall–Kier alpha value is -2.34. The van der Waals surface area contributed by atoms with Gasteiger partial charge in [0.25, 0.3) is 5.56 Å². The maximum absolute atomic E-state index is 12.6. The molecule has 1 saturated heterocycles. The molecule has 0 radical (unpaired) electrons. The second-order valence-corrected chi connectivity index (χ2v) is 9.42. The molecule has 1 fully saturated rings. The minimum Gasteiger partial charge on any atom is -0.366 e. The van der Waals surface area contributed by atoms with Gasteiger partial charge in [-0.2, -0.15) is 0 Å². The summed E-state index contributed by atoms with van der Waals surface area (Å²) in [4.78, 5) is 17.6. The van der Waals surface area contributed by atoms with Gasteiger partial charge >= 0.3 is 0 Å². The van der Waals surface area contributed by atoms with Crippen molar-refractivity contribution in [3.05, 3.63) is 63.3 Å². The summed E-state index contributed by atoms with van der Waals surface area (Å²) in [6.45, 7) is 5.37. The number of aryl methyl sites for hydroxylation is 2. The third kappa shape index (κ3) is 2.98. The van der Waals surface area contributed by atoms with E-state index in [0.717, 1.165) is 17.7 Å². The van der Waals surface area contributed by atoms with E-state index >= 15 is 0 Å². The van der Waals surface area contributed by atoms with Crippen LogP contribution in [0.5, 0.6) is 0 Å². The summed E-state index contributed by atoms with van der Waals surface area (Å²) in [5, 5.41) is 1.32. The fourth-order valence-electron chi connectivity index (χ4n) is 3.89. The molecule has 0 saturated carbocycles. The summed E-state index contributed by atoms with van der Waals surface area (Å²) in [6.07, 6.45) is 2.56. The van der Waals surface area contributed by atoms with Crippen LogP contribution in [0.25, 0.3) is 11.3 Å². The van der Waals surface area contributed by atoms with Crippen molar-refractivity contribution in [3.63, 3.8) is 0 Å². The van der Waals surface area contributed by atoms with E-state index in [4.69, 9.17) is 0 Å². The van der Waals surface area contributed by atoms with E-state index in [2.05, 4.69) is 24.9 Å². The predicted octanol–water partition coefficient (Wildman–Crippen LogP) is 2.80. The molecule has 2 aromatic rings. The number of nitrogens with zero attached hydrogens (tertiary/aromatic N) is 1. The molecule has 1 unspecified atom stereocenters. The van der Waals surface area contributed by atoms with Crippen LogP contribution >= 0.6 is 0 Å². The molecule has 2 aliphatic rings. The van der Waals surface area contributed by atoms with Crippen LogP contribution in [0.15, 0.2) is 46.6 Å². The largest absolute Gasteiger partial charge is 0.366 e. The molecule has 136 valence electrons. The summed E-state index contributed by atoms with van der Waals surface area (Å²) < 4.78 is 23.6. The number of anilines is 1. The Bertz CT molecular complexity index is 1070. The Morgan fingerprint density at radius 2 is 1.92 bits per heavy atom. The fraction of sp³-hybridized carbons (Fsp3) is 0.350. The molecule has 0 bridgehead atoms. The van der Waals surface area contributed by atoms with Crippen LogP contribution in [0.1, 0.15) is 17.5 Å². The number of H-pyrrole nitrogens is 1. The van der Waals surface area contributed by atoms with Crippen molar-refractivity contribution >= 4 is 15.5 Å². The standard InChI is InChI=1S/C20H22N2O3S/c1-14-3-4-16(11-15(14)2)17-5-6-18(19(23)21-17)22-9-7-20(12-22)8-10-26(24,25)13-20/h3-6,8,10-11H,7,9,12-13H2,1-2H3,(H,21,23). The van der Waals surface area contributed by atoms with E-state index < -0.39 is 9.84 Å². The number of sulfone groups is 1. The molecule has 1 spiro atoms. The van der Waals surface area contributed by atoms with Crippen molar-refractivity contribution in [2.75, 3.05) is 23.7 Å². The SMILES string of the molecule is Cc1ccc(-c2ccc(N3CCC4(C=CS(=O)(=O)C4)C3)c(=O)[nH]2)cc1C. The van der Waals surface area contributed by atoms with Gasteiger partial charge in [0, 0.05) is 29.6 Å². The second kappa shape index (κ2) is 5.84. The number of benzene rings is 1. The highest BCUT2D eigenvalue weighted by Crippen LogP contribution is 2.39. The van der Waals surface area contributed by atoms with E-state index in [0.29, 0.717) is 18.8 Å². The minimum absolute atomic E-state index is 0.136. The average Bonchev–Trinajstić information content (AvgIpc) is 3.12. The summed E-state index contributed by atoms with van der Waals surface area (Å²) in [7, 11) is -3.10. The summed E-state index contributed by atoms with van der Waals surface area (Å²) in [5.74, 6) is 0.148. The first-order valence-electron chi connectivity index (χ1n) is 8.75. The van der Waals surface area contributed by atoms with Gasteiger partial charge in [-0.15, -0.1) is 0 Å². The minimum atomic E-state index is -3.10. The van der Waals surface area contributed by atoms with E-state index in [9.17, 15) is 13.2 Å². The Morgan fingerprint density at radius 3 is 2.58 bits per heavy atom. The lowest BCUT2D eigenvalue weighted by Crippen LogP contribution is -2.31. The van der Waals surface area contributed by atoms with Gasteiger partial charge in [0.1, 0.15) is 5.69 Å². The Kier molecular flexibility index (Phi) is 3.84. The first-order valence-corrected chi connectivity index (χ1v) is 10.5. The van der Waals surface area contributed by atoms with Gasteiger partial charge in [0.15, 0.2) is 9.84 Å². The molecular formula is C20H22N2O3S. The van der Waals surface area contributed by atoms with Gasteiger partial charge in [-0.1, -0.05) is 18.2 Å². The smallest absolute Gasteiger partial charge is 0.271 e. The van der Waals surface area contributed by atoms with E-state index in [1.165, 1.54) is 16.5 Å². The van der Waals surface area contributed by atoms with Gasteiger partial charge < -0.3 is 9.88 Å². The van der Waals surface area contributed by atoms with Crippen molar-refractivity contribution in [1.82, 2.24) is 4.98 Å². The molecule has 4 rings (SSSR count). The third-order valence-electron chi connectivity index (χ3n) is 5.55. The summed E-state index contributed by atoms with van der Waals surface area (Å²) in [5.41, 5.74) is 4.30. The van der Waals surface area contributed by atoms with E-state index in [1.807, 2.05) is 29.2 Å². The quantitative estimate of drug-likeness (QED) is 0.882. The first kappa shape index (κ1) is 17.1. The van der Waals surface area contributed by atoms with Gasteiger partial charge in [-0.25, -0.2) is 8.42 Å². The van der Waals surface area contributed by atoms with Crippen molar-refractivity contribution < 1.29 is 8.42 Å². The Morgan fingerprint density at radius 1 is 1.12 bits per heavy atom. The molecule has 1 aromatic heterocycles. The molecule has 6 heteroatoms. The molecule has 1 N–H and O–H groups in total. The summed E-state index contributed by atoms with van der Waals surface area (Å²) in [6, 6.07) is 9.89. The average molecular weight is 370 g/mol. The lowest BCUT2D eigenvalue weighted by Gasteiger charge is -2.22. The number of hydrogen-bond acceptors (Lipinski definition) is 4. The number of nitrogens with one attached hydrogen (secondary N) is 1. The summed E-state index contributed by atoms with van der Waals surface area (Å²) >= 11 is 0. The predicted molar refractivity (Wildman–Crippen MR) is 104 cm³/mol. The zero-order valence-corrected chi connectivity index (χ0v) is 15.8. The molecule has 3 heterocycles. The number of rotatable bonds is 2. The molecule has 1 aromatic carbocycles. The second-order valence-electron chi connectivity index (χ2n) is 7.53. The van der Waals surface area contributed by atoms with Gasteiger partial charge in [-0.05, 0) is 55.2 Å². The number of pyridine rings is 1. The van der Waals surface area contributed by atoms with Crippen molar-refractivity contribution in [2.24, 2.45) is 5.41 Å². The van der Waals surface area contributed by atoms with Crippen LogP contribution in [0.4, 0.5) is 5.69 Å². The monoisotopic (exact) mass is 370 g/mol. The highest BCUT2D eigenvalue weighted by atomic mass is 32.2. The maximum Gasteiger partial charge on any atom is 0.271 e. The number of aromatic nitrogens is 1. The fourth-order valence-corrected chi connectivity index (χ4v) is 5.62. The van der Waals surface area contributed by atoms with E-state index in [1.54, 1.807) is 6.08 Å².